The van der Waals surface area contributed by atoms with Gasteiger partial charge in [-0.2, -0.15) is 4.31 Å². The van der Waals surface area contributed by atoms with Crippen molar-refractivity contribution in [2.24, 2.45) is 0 Å². The molecule has 0 fully saturated rings. The Kier molecular flexibility index (Phi) is 6.71. The molecule has 19 heavy (non-hydrogen) atoms. The van der Waals surface area contributed by atoms with E-state index in [0.717, 1.165) is 10.0 Å². The lowest BCUT2D eigenvalue weighted by atomic mass is 10.2. The number of rotatable bonds is 7. The maximum atomic E-state index is 12.1. The largest absolute Gasteiger partial charge is 0.395 e. The average Bonchev–Trinajstić information content (AvgIpc) is 2.36. The molecule has 0 saturated heterocycles. The minimum Gasteiger partial charge on any atom is -0.395 e. The molecular weight excluding hydrogens is 330 g/mol. The molecule has 0 saturated carbocycles. The molecular formula is C13H18BrNO3S. The van der Waals surface area contributed by atoms with Crippen LogP contribution in [0.3, 0.4) is 0 Å². The Labute approximate surface area is 122 Å². The Morgan fingerprint density at radius 2 is 2.11 bits per heavy atom. The highest BCUT2D eigenvalue weighted by molar-refractivity contribution is 9.10. The van der Waals surface area contributed by atoms with Crippen molar-refractivity contribution in [2.45, 2.75) is 13.3 Å². The van der Waals surface area contributed by atoms with Crippen LogP contribution in [0.1, 0.15) is 18.9 Å². The summed E-state index contributed by atoms with van der Waals surface area (Å²) in [6.45, 7) is 2.26. The predicted octanol–water partition coefficient (Wildman–Crippen LogP) is 2.45. The average molecular weight is 348 g/mol. The van der Waals surface area contributed by atoms with Crippen LogP contribution in [0, 0.1) is 0 Å². The number of benzene rings is 1. The van der Waals surface area contributed by atoms with Crippen LogP contribution in [0.5, 0.6) is 0 Å². The summed E-state index contributed by atoms with van der Waals surface area (Å²) in [5, 5.41) is 10.1. The van der Waals surface area contributed by atoms with Gasteiger partial charge in [0.05, 0.1) is 6.61 Å². The van der Waals surface area contributed by atoms with Crippen LogP contribution in [-0.2, 0) is 10.0 Å². The molecule has 0 aliphatic heterocycles. The van der Waals surface area contributed by atoms with E-state index in [9.17, 15) is 8.42 Å². The first-order valence-electron chi connectivity index (χ1n) is 6.04. The van der Waals surface area contributed by atoms with Crippen molar-refractivity contribution in [3.05, 3.63) is 39.7 Å². The smallest absolute Gasteiger partial charge is 0.236 e. The van der Waals surface area contributed by atoms with Gasteiger partial charge in [-0.05, 0) is 30.2 Å². The molecule has 106 valence electrons. The van der Waals surface area contributed by atoms with E-state index < -0.39 is 10.0 Å². The maximum absolute atomic E-state index is 12.1. The number of hydrogen-bond acceptors (Lipinski definition) is 3. The van der Waals surface area contributed by atoms with Crippen LogP contribution < -0.4 is 0 Å². The molecule has 0 bridgehead atoms. The Bertz CT molecular complexity index is 522. The van der Waals surface area contributed by atoms with Gasteiger partial charge in [0.25, 0.3) is 0 Å². The van der Waals surface area contributed by atoms with Gasteiger partial charge in [-0.3, -0.25) is 0 Å². The quantitative estimate of drug-likeness (QED) is 0.824. The van der Waals surface area contributed by atoms with Gasteiger partial charge in [0.15, 0.2) is 0 Å². The normalized spacial score (nSPS) is 12.4. The standard InChI is InChI=1S/C13H18BrNO3S/c1-2-7-15(8-9-16)19(17,18)10-6-12-4-3-5-13(14)11-12/h3-6,10-11,16H,2,7-9H2,1H3/b10-6+. The summed E-state index contributed by atoms with van der Waals surface area (Å²) in [6.07, 6.45) is 2.27. The second-order valence-corrected chi connectivity index (χ2v) is 6.76. The van der Waals surface area contributed by atoms with E-state index in [2.05, 4.69) is 15.9 Å². The van der Waals surface area contributed by atoms with E-state index in [0.29, 0.717) is 13.0 Å². The molecule has 1 rings (SSSR count). The molecule has 0 atom stereocenters. The third-order valence-corrected chi connectivity index (χ3v) is 4.52. The second kappa shape index (κ2) is 7.79. The molecule has 0 aromatic heterocycles. The number of aliphatic hydroxyl groups is 1. The highest BCUT2D eigenvalue weighted by atomic mass is 79.9. The van der Waals surface area contributed by atoms with Crippen molar-refractivity contribution in [3.8, 4) is 0 Å². The zero-order valence-corrected chi connectivity index (χ0v) is 13.2. The topological polar surface area (TPSA) is 57.6 Å². The Morgan fingerprint density at radius 1 is 1.37 bits per heavy atom. The summed E-state index contributed by atoms with van der Waals surface area (Å²) >= 11 is 3.33. The summed E-state index contributed by atoms with van der Waals surface area (Å²) in [7, 11) is -3.48. The van der Waals surface area contributed by atoms with E-state index in [-0.39, 0.29) is 13.2 Å². The zero-order valence-electron chi connectivity index (χ0n) is 10.8. The number of hydrogen-bond donors (Lipinski definition) is 1. The summed E-state index contributed by atoms with van der Waals surface area (Å²) in [5.74, 6) is 0. The molecule has 1 aromatic rings. The number of halogens is 1. The van der Waals surface area contributed by atoms with Crippen LogP contribution >= 0.6 is 15.9 Å². The van der Waals surface area contributed by atoms with E-state index in [1.807, 2.05) is 31.2 Å². The summed E-state index contributed by atoms with van der Waals surface area (Å²) in [6, 6.07) is 7.38. The highest BCUT2D eigenvalue weighted by Crippen LogP contribution is 2.14. The van der Waals surface area contributed by atoms with Crippen LogP contribution in [0.25, 0.3) is 6.08 Å². The van der Waals surface area contributed by atoms with Crippen molar-refractivity contribution >= 4 is 32.0 Å². The summed E-state index contributed by atoms with van der Waals surface area (Å²) in [4.78, 5) is 0. The van der Waals surface area contributed by atoms with Gasteiger partial charge < -0.3 is 5.11 Å². The fourth-order valence-corrected chi connectivity index (χ4v) is 3.28. The molecule has 0 aliphatic rings. The fourth-order valence-electron chi connectivity index (χ4n) is 1.59. The maximum Gasteiger partial charge on any atom is 0.236 e. The molecule has 6 heteroatoms. The Balaban J connectivity index is 2.88. The lowest BCUT2D eigenvalue weighted by molar-refractivity contribution is 0.254. The lowest BCUT2D eigenvalue weighted by Gasteiger charge is -2.18. The molecule has 0 amide bonds. The van der Waals surface area contributed by atoms with Crippen molar-refractivity contribution in [1.29, 1.82) is 0 Å². The summed E-state index contributed by atoms with van der Waals surface area (Å²) in [5.41, 5.74) is 0.804. The van der Waals surface area contributed by atoms with E-state index in [4.69, 9.17) is 5.11 Å². The van der Waals surface area contributed by atoms with Gasteiger partial charge >= 0.3 is 0 Å². The van der Waals surface area contributed by atoms with E-state index >= 15 is 0 Å². The third kappa shape index (κ3) is 5.44. The first-order chi connectivity index (χ1) is 8.99. The van der Waals surface area contributed by atoms with Crippen LogP contribution in [0.15, 0.2) is 34.1 Å². The van der Waals surface area contributed by atoms with Crippen molar-refractivity contribution in [1.82, 2.24) is 4.31 Å². The molecule has 0 radical (unpaired) electrons. The lowest BCUT2D eigenvalue weighted by Crippen LogP contribution is -2.32. The van der Waals surface area contributed by atoms with Gasteiger partial charge in [0.1, 0.15) is 0 Å². The number of aliphatic hydroxyl groups excluding tert-OH is 1. The molecule has 1 aromatic carbocycles. The van der Waals surface area contributed by atoms with Crippen molar-refractivity contribution in [3.63, 3.8) is 0 Å². The fraction of sp³-hybridized carbons (Fsp3) is 0.385. The minimum absolute atomic E-state index is 0.124. The number of nitrogens with zero attached hydrogens (tertiary/aromatic N) is 1. The SMILES string of the molecule is CCCN(CCO)S(=O)(=O)/C=C/c1cccc(Br)c1. The van der Waals surface area contributed by atoms with E-state index in [1.54, 1.807) is 6.08 Å². The minimum atomic E-state index is -3.48. The van der Waals surface area contributed by atoms with Gasteiger partial charge in [-0.25, -0.2) is 8.42 Å². The molecule has 0 heterocycles. The van der Waals surface area contributed by atoms with Crippen molar-refractivity contribution in [2.75, 3.05) is 19.7 Å². The van der Waals surface area contributed by atoms with E-state index in [1.165, 1.54) is 9.71 Å². The highest BCUT2D eigenvalue weighted by Gasteiger charge is 2.17. The Hall–Kier alpha value is -0.690. The van der Waals surface area contributed by atoms with Gasteiger partial charge in [0.2, 0.25) is 10.0 Å². The second-order valence-electron chi connectivity index (χ2n) is 4.03. The zero-order chi connectivity index (χ0) is 14.3. The van der Waals surface area contributed by atoms with Gasteiger partial charge in [0, 0.05) is 23.0 Å². The molecule has 0 spiro atoms. The molecule has 0 aliphatic carbocycles. The van der Waals surface area contributed by atoms with Crippen LogP contribution in [-0.4, -0.2) is 37.5 Å². The monoisotopic (exact) mass is 347 g/mol. The van der Waals surface area contributed by atoms with Gasteiger partial charge in [-0.1, -0.05) is 35.0 Å². The number of sulfonamides is 1. The predicted molar refractivity (Wildman–Crippen MR) is 81.0 cm³/mol. The first kappa shape index (κ1) is 16.4. The summed E-state index contributed by atoms with van der Waals surface area (Å²) < 4.78 is 26.3. The first-order valence-corrected chi connectivity index (χ1v) is 8.34. The third-order valence-electron chi connectivity index (χ3n) is 2.46. The molecule has 1 N–H and O–H groups in total. The van der Waals surface area contributed by atoms with Gasteiger partial charge in [-0.15, -0.1) is 0 Å². The van der Waals surface area contributed by atoms with Crippen LogP contribution in [0.4, 0.5) is 0 Å². The molecule has 0 unspecified atom stereocenters. The molecule has 4 nitrogen and oxygen atoms in total. The Morgan fingerprint density at radius 3 is 2.68 bits per heavy atom. The van der Waals surface area contributed by atoms with Crippen LogP contribution in [0.2, 0.25) is 0 Å². The van der Waals surface area contributed by atoms with Crippen molar-refractivity contribution < 1.29 is 13.5 Å².